The second-order valence-electron chi connectivity index (χ2n) is 15.4. The van der Waals surface area contributed by atoms with Crippen LogP contribution in [0.3, 0.4) is 0 Å². The van der Waals surface area contributed by atoms with E-state index in [0.29, 0.717) is 43.5 Å². The minimum Gasteiger partial charge on any atom is -0.493 e. The van der Waals surface area contributed by atoms with Crippen LogP contribution >= 0.6 is 0 Å². The normalized spacial score (nSPS) is 18.4. The number of carbonyl (C=O) groups excluding carboxylic acids is 3. The summed E-state index contributed by atoms with van der Waals surface area (Å²) in [6.45, 7) is 19.3. The van der Waals surface area contributed by atoms with Gasteiger partial charge in [-0.05, 0) is 87.8 Å². The molecule has 280 valence electrons. The Morgan fingerprint density at radius 3 is 2.27 bits per heavy atom. The highest BCUT2D eigenvalue weighted by Crippen LogP contribution is 2.36. The van der Waals surface area contributed by atoms with E-state index in [4.69, 9.17) is 29.4 Å². The predicted octanol–water partition coefficient (Wildman–Crippen LogP) is 6.20. The summed E-state index contributed by atoms with van der Waals surface area (Å²) in [5, 5.41) is 2.95. The van der Waals surface area contributed by atoms with Gasteiger partial charge in [-0.2, -0.15) is 0 Å². The van der Waals surface area contributed by atoms with Gasteiger partial charge in [0.2, 0.25) is 11.8 Å². The van der Waals surface area contributed by atoms with Gasteiger partial charge in [0.15, 0.2) is 11.5 Å². The van der Waals surface area contributed by atoms with Gasteiger partial charge in [0.05, 0.1) is 31.3 Å². The van der Waals surface area contributed by atoms with E-state index < -0.39 is 23.3 Å². The van der Waals surface area contributed by atoms with Gasteiger partial charge in [0, 0.05) is 32.6 Å². The van der Waals surface area contributed by atoms with Crippen LogP contribution in [-0.4, -0.2) is 81.8 Å². The van der Waals surface area contributed by atoms with E-state index in [1.54, 1.807) is 33.0 Å². The second-order valence-corrected chi connectivity index (χ2v) is 15.4. The predicted molar refractivity (Wildman–Crippen MR) is 191 cm³/mol. The van der Waals surface area contributed by atoms with Gasteiger partial charge in [-0.3, -0.25) is 14.5 Å². The summed E-state index contributed by atoms with van der Waals surface area (Å²) in [6.07, 6.45) is 2.34. The fourth-order valence-corrected chi connectivity index (χ4v) is 6.24. The quantitative estimate of drug-likeness (QED) is 0.145. The fraction of sp³-hybridized carbons (Fsp3) is 0.763. The first kappa shape index (κ1) is 42.1. The Bertz CT molecular complexity index is 1190. The molecule has 2 rings (SSSR count). The van der Waals surface area contributed by atoms with E-state index in [9.17, 15) is 14.4 Å². The Labute approximate surface area is 295 Å². The molecule has 0 aliphatic carbocycles. The molecule has 1 aromatic carbocycles. The van der Waals surface area contributed by atoms with Gasteiger partial charge < -0.3 is 34.7 Å². The molecule has 3 N–H and O–H groups in total. The zero-order chi connectivity index (χ0) is 36.9. The number of ether oxygens (including phenoxy) is 5. The molecule has 1 aliphatic rings. The summed E-state index contributed by atoms with van der Waals surface area (Å²) in [6, 6.07) is 5.73. The van der Waals surface area contributed by atoms with Gasteiger partial charge in [-0.1, -0.05) is 47.6 Å². The summed E-state index contributed by atoms with van der Waals surface area (Å²) in [4.78, 5) is 40.8. The molecule has 0 saturated carbocycles. The van der Waals surface area contributed by atoms with Crippen molar-refractivity contribution in [1.82, 2.24) is 10.2 Å². The molecular formula is C38H65N3O8. The Morgan fingerprint density at radius 2 is 1.69 bits per heavy atom. The molecule has 0 bridgehead atoms. The van der Waals surface area contributed by atoms with E-state index in [1.165, 1.54) is 0 Å². The third-order valence-corrected chi connectivity index (χ3v) is 9.56. The molecule has 1 saturated heterocycles. The van der Waals surface area contributed by atoms with E-state index in [2.05, 4.69) is 39.1 Å². The molecule has 1 aliphatic heterocycles. The molecule has 1 aromatic rings. The van der Waals surface area contributed by atoms with Gasteiger partial charge in [0.1, 0.15) is 12.8 Å². The molecule has 0 radical (unpaired) electrons. The lowest BCUT2D eigenvalue weighted by molar-refractivity contribution is -0.130. The van der Waals surface area contributed by atoms with Crippen molar-refractivity contribution in [1.29, 1.82) is 0 Å². The summed E-state index contributed by atoms with van der Waals surface area (Å²) in [5.74, 6) is 1.17. The number of benzene rings is 1. The number of carbonyl (C=O) groups is 3. The molecule has 11 heteroatoms. The number of hydrogen-bond donors (Lipinski definition) is 2. The highest BCUT2D eigenvalue weighted by molar-refractivity contribution is 5.83. The first-order chi connectivity index (χ1) is 23.0. The first-order valence-electron chi connectivity index (χ1n) is 18.0. The zero-order valence-corrected chi connectivity index (χ0v) is 32.0. The molecule has 5 atom stereocenters. The SMILES string of the molecule is COCCCOc1cc(C[C@@H](C[C@H]2[C@H](C[C@H](C(=O)NCC(C)(C)C(N)=O)C(C)C)OCN2C(=O)OC(C)CC(C)C)C(C)C)ccc1OC. The van der Waals surface area contributed by atoms with Gasteiger partial charge in [-0.25, -0.2) is 4.79 Å². The molecule has 3 amide bonds. The highest BCUT2D eigenvalue weighted by Gasteiger charge is 2.43. The van der Waals surface area contributed by atoms with Crippen LogP contribution < -0.4 is 20.5 Å². The number of hydrogen-bond acceptors (Lipinski definition) is 8. The Hall–Kier alpha value is -3.05. The largest absolute Gasteiger partial charge is 0.493 e. The smallest absolute Gasteiger partial charge is 0.412 e. The average Bonchev–Trinajstić information content (AvgIpc) is 3.41. The van der Waals surface area contributed by atoms with Gasteiger partial charge in [0.25, 0.3) is 0 Å². The van der Waals surface area contributed by atoms with Crippen LogP contribution in [0.15, 0.2) is 18.2 Å². The maximum atomic E-state index is 13.7. The summed E-state index contributed by atoms with van der Waals surface area (Å²) in [7, 11) is 3.30. The molecule has 1 heterocycles. The third kappa shape index (κ3) is 13.3. The summed E-state index contributed by atoms with van der Waals surface area (Å²) >= 11 is 0. The van der Waals surface area contributed by atoms with Crippen molar-refractivity contribution in [2.45, 2.75) is 113 Å². The van der Waals surface area contributed by atoms with Crippen LogP contribution in [0.4, 0.5) is 4.79 Å². The van der Waals surface area contributed by atoms with Crippen molar-refractivity contribution in [2.24, 2.45) is 40.7 Å². The fourth-order valence-electron chi connectivity index (χ4n) is 6.24. The Balaban J connectivity index is 2.36. The van der Waals surface area contributed by atoms with Crippen LogP contribution in [0.2, 0.25) is 0 Å². The van der Waals surface area contributed by atoms with E-state index >= 15 is 0 Å². The van der Waals surface area contributed by atoms with Crippen molar-refractivity contribution in [2.75, 3.05) is 40.7 Å². The van der Waals surface area contributed by atoms with Crippen molar-refractivity contribution < 1.29 is 38.1 Å². The minimum atomic E-state index is -0.877. The topological polar surface area (TPSA) is 139 Å². The van der Waals surface area contributed by atoms with Crippen molar-refractivity contribution >= 4 is 17.9 Å². The van der Waals surface area contributed by atoms with E-state index in [0.717, 1.165) is 24.8 Å². The van der Waals surface area contributed by atoms with Crippen LogP contribution in [0, 0.1) is 35.0 Å². The molecule has 0 spiro atoms. The van der Waals surface area contributed by atoms with Gasteiger partial charge >= 0.3 is 6.09 Å². The number of methoxy groups -OCH3 is 2. The van der Waals surface area contributed by atoms with Crippen molar-refractivity contribution in [3.05, 3.63) is 23.8 Å². The number of primary amides is 1. The Kier molecular flexibility index (Phi) is 17.2. The molecule has 49 heavy (non-hydrogen) atoms. The van der Waals surface area contributed by atoms with E-state index in [1.807, 2.05) is 32.9 Å². The minimum absolute atomic E-state index is 0.00416. The number of rotatable bonds is 21. The molecular weight excluding hydrogens is 626 g/mol. The Morgan fingerprint density at radius 1 is 1.00 bits per heavy atom. The third-order valence-electron chi connectivity index (χ3n) is 9.56. The number of nitrogens with two attached hydrogens (primary N) is 1. The lowest BCUT2D eigenvalue weighted by Crippen LogP contribution is -2.47. The molecule has 11 nitrogen and oxygen atoms in total. The van der Waals surface area contributed by atoms with Crippen LogP contribution in [0.25, 0.3) is 0 Å². The maximum absolute atomic E-state index is 13.7. The number of nitrogens with one attached hydrogen (secondary N) is 1. The average molecular weight is 692 g/mol. The van der Waals surface area contributed by atoms with Crippen LogP contribution in [-0.2, 0) is 30.2 Å². The van der Waals surface area contributed by atoms with Crippen molar-refractivity contribution in [3.63, 3.8) is 0 Å². The number of nitrogens with zero attached hydrogens (tertiary/aromatic N) is 1. The van der Waals surface area contributed by atoms with E-state index in [-0.39, 0.29) is 55.2 Å². The maximum Gasteiger partial charge on any atom is 0.412 e. The van der Waals surface area contributed by atoms with Crippen LogP contribution in [0.5, 0.6) is 11.5 Å². The molecule has 1 fully saturated rings. The highest BCUT2D eigenvalue weighted by atomic mass is 16.6. The monoisotopic (exact) mass is 691 g/mol. The standard InChI is InChI=1S/C38H65N3O8/c1-24(2)17-27(7)49-37(44)41-23-48-33(21-30(26(5)6)35(42)40-22-38(8,9)36(39)43)31(41)20-29(25(3)4)18-28-13-14-32(46-11)34(19-28)47-16-12-15-45-10/h13-14,19,24-27,29-31,33H,12,15-18,20-23H2,1-11H3,(H2,39,43)(H,40,42)/t27?,29-,30-,31-,33-/m0/s1. The molecule has 1 unspecified atom stereocenters. The zero-order valence-electron chi connectivity index (χ0n) is 32.0. The van der Waals surface area contributed by atoms with Gasteiger partial charge in [-0.15, -0.1) is 0 Å². The summed E-state index contributed by atoms with van der Waals surface area (Å²) < 4.78 is 29.1. The second kappa shape index (κ2) is 20.0. The molecule has 0 aromatic heterocycles. The first-order valence-corrected chi connectivity index (χ1v) is 18.0. The lowest BCUT2D eigenvalue weighted by Gasteiger charge is -2.33. The van der Waals surface area contributed by atoms with Crippen molar-refractivity contribution in [3.8, 4) is 11.5 Å². The summed E-state index contributed by atoms with van der Waals surface area (Å²) in [5.41, 5.74) is 5.78. The lowest BCUT2D eigenvalue weighted by atomic mass is 9.80. The number of amides is 3. The van der Waals surface area contributed by atoms with Crippen LogP contribution in [0.1, 0.15) is 93.6 Å².